The first-order valence-corrected chi connectivity index (χ1v) is 19.3. The Kier molecular flexibility index (Phi) is 11.8. The number of amides is 2. The molecule has 0 aliphatic rings. The molecule has 16 heteroatoms. The summed E-state index contributed by atoms with van der Waals surface area (Å²) in [5.74, 6) is -2.90. The van der Waals surface area contributed by atoms with Gasteiger partial charge in [-0.3, -0.25) is 28.9 Å². The van der Waals surface area contributed by atoms with Crippen LogP contribution in [0.2, 0.25) is 0 Å². The van der Waals surface area contributed by atoms with E-state index in [1.807, 2.05) is 42.3 Å². The fourth-order valence-corrected chi connectivity index (χ4v) is 6.87. The molecule has 8 aromatic rings. The molecule has 16 nitrogen and oxygen atoms in total. The van der Waals surface area contributed by atoms with E-state index in [0.717, 1.165) is 39.9 Å². The summed E-state index contributed by atoms with van der Waals surface area (Å²) < 4.78 is 27.6. The molecule has 312 valence electrons. The maximum atomic E-state index is 13.8. The van der Waals surface area contributed by atoms with Crippen LogP contribution in [0.4, 0.5) is 11.4 Å². The van der Waals surface area contributed by atoms with E-state index in [-0.39, 0.29) is 39.3 Å². The molecule has 0 spiro atoms. The molecule has 0 fully saturated rings. The summed E-state index contributed by atoms with van der Waals surface area (Å²) in [4.78, 5) is 71.0. The van der Waals surface area contributed by atoms with Crippen molar-refractivity contribution in [3.63, 3.8) is 0 Å². The number of hydrogen-bond acceptors (Lipinski definition) is 13. The van der Waals surface area contributed by atoms with Gasteiger partial charge < -0.3 is 33.4 Å². The van der Waals surface area contributed by atoms with Gasteiger partial charge in [-0.25, -0.2) is 9.59 Å². The highest BCUT2D eigenvalue weighted by Gasteiger charge is 2.21. The predicted octanol–water partition coefficient (Wildman–Crippen LogP) is 6.74. The molecule has 0 bridgehead atoms. The smallest absolute Gasteiger partial charge is 0.495 e. The number of benzene rings is 4. The van der Waals surface area contributed by atoms with Crippen LogP contribution >= 0.6 is 0 Å². The van der Waals surface area contributed by atoms with Crippen molar-refractivity contribution in [3.8, 4) is 5.75 Å². The van der Waals surface area contributed by atoms with E-state index in [9.17, 15) is 24.0 Å². The lowest BCUT2D eigenvalue weighted by atomic mass is 10.1. The third-order valence-corrected chi connectivity index (χ3v) is 10.0. The first kappa shape index (κ1) is 40.7. The molecule has 0 aliphatic carbocycles. The Bertz CT molecular complexity index is 3060. The first-order valence-electron chi connectivity index (χ1n) is 19.3. The second-order valence-electron chi connectivity index (χ2n) is 14.3. The molecule has 0 atom stereocenters. The van der Waals surface area contributed by atoms with Crippen LogP contribution in [0.25, 0.3) is 21.9 Å². The van der Waals surface area contributed by atoms with Crippen LogP contribution in [0, 0.1) is 0 Å². The van der Waals surface area contributed by atoms with E-state index in [1.54, 1.807) is 49.7 Å². The Hall–Kier alpha value is -8.11. The molecule has 0 radical (unpaired) electrons. The number of pyridine rings is 1. The van der Waals surface area contributed by atoms with Gasteiger partial charge >= 0.3 is 11.8 Å². The number of anilines is 2. The number of esters is 1. The highest BCUT2D eigenvalue weighted by molar-refractivity contribution is 6.13. The van der Waals surface area contributed by atoms with Crippen molar-refractivity contribution < 1.29 is 37.1 Å². The summed E-state index contributed by atoms with van der Waals surface area (Å²) in [7, 11) is 3.53. The summed E-state index contributed by atoms with van der Waals surface area (Å²) in [6.07, 6.45) is 7.08. The van der Waals surface area contributed by atoms with Crippen LogP contribution in [-0.2, 0) is 37.9 Å². The molecule has 0 saturated heterocycles. The average Bonchev–Trinajstić information content (AvgIpc) is 3.88. The second kappa shape index (κ2) is 18.0. The molecule has 62 heavy (non-hydrogen) atoms. The minimum atomic E-state index is -0.956. The number of hydrogen-bond donors (Lipinski definition) is 2. The Morgan fingerprint density at radius 2 is 1.61 bits per heavy atom. The van der Waals surface area contributed by atoms with Gasteiger partial charge in [0, 0.05) is 50.0 Å². The zero-order chi connectivity index (χ0) is 43.2. The Morgan fingerprint density at radius 1 is 0.806 bits per heavy atom. The van der Waals surface area contributed by atoms with E-state index in [0.29, 0.717) is 37.5 Å². The summed E-state index contributed by atoms with van der Waals surface area (Å²) in [5.41, 5.74) is 4.36. The van der Waals surface area contributed by atoms with E-state index in [4.69, 9.17) is 18.3 Å². The molecule has 4 aromatic heterocycles. The molecule has 0 aliphatic heterocycles. The molecule has 0 saturated carbocycles. The van der Waals surface area contributed by atoms with Gasteiger partial charge in [0.2, 0.25) is 0 Å². The van der Waals surface area contributed by atoms with Gasteiger partial charge in [-0.1, -0.05) is 30.3 Å². The zero-order valence-corrected chi connectivity index (χ0v) is 33.5. The molecule has 8 rings (SSSR count). The van der Waals surface area contributed by atoms with Crippen molar-refractivity contribution in [1.82, 2.24) is 19.7 Å². The largest absolute Gasteiger partial charge is 0.518 e. The first-order chi connectivity index (χ1) is 30.1. The SMILES string of the molecule is COc1cncc(CN(CCc2ccc(NC(=O)c3ccc(C(=O)OCc4coc(=O)o4)cc3NC(=O)c3cc(=O)c4ccccc4o3)cc2)Cc2ccc3c(cnn3C)c2)c1. The number of ether oxygens (including phenoxy) is 2. The minimum Gasteiger partial charge on any atom is -0.495 e. The van der Waals surface area contributed by atoms with Crippen LogP contribution in [0.3, 0.4) is 0 Å². The fourth-order valence-electron chi connectivity index (χ4n) is 6.87. The second-order valence-corrected chi connectivity index (χ2v) is 14.3. The Morgan fingerprint density at radius 3 is 2.42 bits per heavy atom. The quantitative estimate of drug-likeness (QED) is 0.103. The van der Waals surface area contributed by atoms with Crippen LogP contribution in [0.5, 0.6) is 5.75 Å². The van der Waals surface area contributed by atoms with Crippen molar-refractivity contribution in [2.75, 3.05) is 24.3 Å². The molecular weight excluding hydrogens is 797 g/mol. The Labute approximate surface area is 352 Å². The number of carbonyl (C=O) groups excluding carboxylic acids is 3. The van der Waals surface area contributed by atoms with Crippen LogP contribution in [0.1, 0.15) is 53.7 Å². The van der Waals surface area contributed by atoms with Gasteiger partial charge in [-0.05, 0) is 83.8 Å². The van der Waals surface area contributed by atoms with Gasteiger partial charge in [0.25, 0.3) is 11.8 Å². The third kappa shape index (κ3) is 9.51. The lowest BCUT2D eigenvalue weighted by molar-refractivity contribution is 0.0443. The Balaban J connectivity index is 0.982. The van der Waals surface area contributed by atoms with Crippen molar-refractivity contribution in [1.29, 1.82) is 0 Å². The number of aryl methyl sites for hydroxylation is 1. The highest BCUT2D eigenvalue weighted by Crippen LogP contribution is 2.24. The molecule has 4 aromatic carbocycles. The summed E-state index contributed by atoms with van der Waals surface area (Å²) in [5, 5.41) is 11.2. The van der Waals surface area contributed by atoms with Crippen LogP contribution in [-0.4, -0.2) is 51.1 Å². The molecule has 2 N–H and O–H groups in total. The van der Waals surface area contributed by atoms with Crippen molar-refractivity contribution >= 4 is 51.0 Å². The molecular formula is C46H38N6O10. The van der Waals surface area contributed by atoms with Gasteiger partial charge in [-0.2, -0.15) is 5.10 Å². The maximum Gasteiger partial charge on any atom is 0.518 e. The van der Waals surface area contributed by atoms with Crippen molar-refractivity contribution in [3.05, 3.63) is 182 Å². The molecule has 2 amide bonds. The van der Waals surface area contributed by atoms with Gasteiger partial charge in [-0.15, -0.1) is 0 Å². The maximum absolute atomic E-state index is 13.8. The summed E-state index contributed by atoms with van der Waals surface area (Å²) in [6, 6.07) is 27.2. The highest BCUT2D eigenvalue weighted by atomic mass is 16.6. The number of nitrogens with zero attached hydrogens (tertiary/aromatic N) is 4. The molecule has 4 heterocycles. The van der Waals surface area contributed by atoms with E-state index in [2.05, 4.69) is 48.2 Å². The van der Waals surface area contributed by atoms with Crippen molar-refractivity contribution in [2.24, 2.45) is 7.05 Å². The molecule has 0 unspecified atom stereocenters. The van der Waals surface area contributed by atoms with E-state index in [1.165, 1.54) is 18.2 Å². The number of methoxy groups -OCH3 is 1. The standard InChI is InChI=1S/C46H38N6O10/c1-51-39-14-9-29(17-32(39)22-48-51)24-52(25-30-18-34(58-2)23-47-21-30)16-15-28-7-11-33(12-8-28)49-43(54)36-13-10-31(45(56)59-26-35-27-60-46(57)61-35)19-38(36)50-44(55)42-20-40(53)37-5-3-4-6-41(37)62-42/h3-14,17-23,27H,15-16,24-26H2,1-2H3,(H,49,54)(H,50,55). The average molecular weight is 835 g/mol. The number of rotatable bonds is 15. The normalized spacial score (nSPS) is 11.2. The number of para-hydroxylation sites is 1. The minimum absolute atomic E-state index is 0.00455. The number of aromatic nitrogens is 3. The van der Waals surface area contributed by atoms with Crippen molar-refractivity contribution in [2.45, 2.75) is 26.1 Å². The van der Waals surface area contributed by atoms with Gasteiger partial charge in [0.05, 0.1) is 47.2 Å². The van der Waals surface area contributed by atoms with E-state index < -0.39 is 35.6 Å². The number of nitrogens with one attached hydrogen (secondary N) is 2. The van der Waals surface area contributed by atoms with E-state index >= 15 is 0 Å². The summed E-state index contributed by atoms with van der Waals surface area (Å²) >= 11 is 0. The summed E-state index contributed by atoms with van der Waals surface area (Å²) in [6.45, 7) is 1.61. The topological polar surface area (TPSA) is 201 Å². The van der Waals surface area contributed by atoms with Gasteiger partial charge in [0.15, 0.2) is 23.6 Å². The fraction of sp³-hybridized carbons (Fsp3) is 0.152. The zero-order valence-electron chi connectivity index (χ0n) is 33.5. The monoisotopic (exact) mass is 834 g/mol. The third-order valence-electron chi connectivity index (χ3n) is 10.0. The van der Waals surface area contributed by atoms with Crippen LogP contribution < -0.4 is 26.6 Å². The lowest BCUT2D eigenvalue weighted by Gasteiger charge is -2.23. The van der Waals surface area contributed by atoms with Crippen LogP contribution in [0.15, 0.2) is 145 Å². The lowest BCUT2D eigenvalue weighted by Crippen LogP contribution is -2.25. The van der Waals surface area contributed by atoms with Gasteiger partial charge in [0.1, 0.15) is 17.6 Å². The predicted molar refractivity (Wildman–Crippen MR) is 227 cm³/mol. The number of fused-ring (bicyclic) bond motifs is 2. The number of carbonyl (C=O) groups is 3.